The number of anilines is 1. The first-order valence-electron chi connectivity index (χ1n) is 6.55. The average Bonchev–Trinajstić information content (AvgIpc) is 2.92. The smallest absolute Gasteiger partial charge is 0.271 e. The number of nitrogens with one attached hydrogen (secondary N) is 1. The van der Waals surface area contributed by atoms with Crippen molar-refractivity contribution in [2.24, 2.45) is 0 Å². The summed E-state index contributed by atoms with van der Waals surface area (Å²) >= 11 is 0. The quantitative estimate of drug-likeness (QED) is 0.594. The number of amides is 1. The third-order valence-corrected chi connectivity index (χ3v) is 3.21. The zero-order valence-electron chi connectivity index (χ0n) is 11.7. The van der Waals surface area contributed by atoms with E-state index >= 15 is 0 Å². The van der Waals surface area contributed by atoms with Gasteiger partial charge >= 0.3 is 0 Å². The number of hydrogen-bond acceptors (Lipinski definition) is 4. The molecule has 0 fully saturated rings. The van der Waals surface area contributed by atoms with E-state index in [0.29, 0.717) is 11.4 Å². The summed E-state index contributed by atoms with van der Waals surface area (Å²) in [4.78, 5) is 21.7. The summed E-state index contributed by atoms with van der Waals surface area (Å²) in [5.41, 5.74) is 2.00. The van der Waals surface area contributed by atoms with E-state index < -0.39 is 4.92 Å². The highest BCUT2D eigenvalue weighted by molar-refractivity contribution is 6.00. The number of nitro benzene ring substituents is 1. The first kappa shape index (κ1) is 13.7. The predicted molar refractivity (Wildman–Crippen MR) is 82.0 cm³/mol. The molecule has 0 aliphatic rings. The van der Waals surface area contributed by atoms with Gasteiger partial charge in [-0.2, -0.15) is 5.10 Å². The fourth-order valence-electron chi connectivity index (χ4n) is 2.29. The Morgan fingerprint density at radius 3 is 2.77 bits per heavy atom. The van der Waals surface area contributed by atoms with E-state index in [4.69, 9.17) is 0 Å². The molecule has 1 N–H and O–H groups in total. The van der Waals surface area contributed by atoms with Gasteiger partial charge in [0.15, 0.2) is 0 Å². The molecule has 3 aromatic rings. The molecule has 0 atom stereocenters. The number of rotatable bonds is 3. The van der Waals surface area contributed by atoms with Crippen LogP contribution < -0.4 is 5.32 Å². The van der Waals surface area contributed by atoms with Crippen LogP contribution in [-0.4, -0.2) is 20.6 Å². The van der Waals surface area contributed by atoms with Crippen LogP contribution in [0.15, 0.2) is 48.7 Å². The Labute approximate surface area is 125 Å². The summed E-state index contributed by atoms with van der Waals surface area (Å²) in [5, 5.41) is 18.7. The maximum Gasteiger partial charge on any atom is 0.271 e. The molecule has 0 unspecified atom stereocenters. The highest BCUT2D eigenvalue weighted by atomic mass is 16.6. The van der Waals surface area contributed by atoms with Gasteiger partial charge < -0.3 is 5.32 Å². The monoisotopic (exact) mass is 296 g/mol. The Balaban J connectivity index is 2.14. The third kappa shape index (κ3) is 2.39. The topological polar surface area (TPSA) is 90.1 Å². The fourth-order valence-corrected chi connectivity index (χ4v) is 2.29. The van der Waals surface area contributed by atoms with Crippen molar-refractivity contribution in [2.45, 2.75) is 6.92 Å². The lowest BCUT2D eigenvalue weighted by Crippen LogP contribution is -2.05. The molecule has 1 aromatic heterocycles. The van der Waals surface area contributed by atoms with E-state index in [0.717, 1.165) is 10.9 Å². The number of carbonyl (C=O) groups excluding carboxylic acids is 1. The van der Waals surface area contributed by atoms with Crippen molar-refractivity contribution in [3.8, 4) is 5.69 Å². The van der Waals surface area contributed by atoms with Crippen LogP contribution in [0.1, 0.15) is 6.92 Å². The third-order valence-electron chi connectivity index (χ3n) is 3.21. The normalized spacial score (nSPS) is 10.6. The van der Waals surface area contributed by atoms with Gasteiger partial charge in [0.05, 0.1) is 28.0 Å². The van der Waals surface area contributed by atoms with Gasteiger partial charge in [-0.25, -0.2) is 4.68 Å². The number of nitro groups is 1. The first-order chi connectivity index (χ1) is 10.6. The molecule has 7 heteroatoms. The number of non-ortho nitro benzene ring substituents is 1. The second-order valence-corrected chi connectivity index (χ2v) is 4.75. The summed E-state index contributed by atoms with van der Waals surface area (Å²) in [6.45, 7) is 1.43. The second kappa shape index (κ2) is 5.28. The van der Waals surface area contributed by atoms with Gasteiger partial charge in [-0.05, 0) is 18.2 Å². The maximum atomic E-state index is 11.2. The number of carbonyl (C=O) groups is 1. The Morgan fingerprint density at radius 1 is 1.27 bits per heavy atom. The largest absolute Gasteiger partial charge is 0.326 e. The standard InChI is InChI=1S/C15H12N4O3/c1-10(20)17-14-6-3-7-15-13(14)9-16-18(15)11-4-2-5-12(8-11)19(21)22/h2-9H,1H3,(H,17,20). The van der Waals surface area contributed by atoms with Gasteiger partial charge in [-0.3, -0.25) is 14.9 Å². The Bertz CT molecular complexity index is 885. The molecule has 1 amide bonds. The van der Waals surface area contributed by atoms with Crippen LogP contribution in [0.4, 0.5) is 11.4 Å². The Morgan fingerprint density at radius 2 is 2.05 bits per heavy atom. The SMILES string of the molecule is CC(=O)Nc1cccc2c1cnn2-c1cccc([N+](=O)[O-])c1. The lowest BCUT2D eigenvalue weighted by atomic mass is 10.2. The summed E-state index contributed by atoms with van der Waals surface area (Å²) in [5.74, 6) is -0.171. The molecule has 0 bridgehead atoms. The zero-order valence-corrected chi connectivity index (χ0v) is 11.7. The predicted octanol–water partition coefficient (Wildman–Crippen LogP) is 2.89. The van der Waals surface area contributed by atoms with Crippen molar-refractivity contribution in [3.63, 3.8) is 0 Å². The summed E-state index contributed by atoms with van der Waals surface area (Å²) < 4.78 is 1.60. The number of fused-ring (bicyclic) bond motifs is 1. The molecule has 1 heterocycles. The molecule has 7 nitrogen and oxygen atoms in total. The van der Waals surface area contributed by atoms with Gasteiger partial charge in [0.2, 0.25) is 5.91 Å². The summed E-state index contributed by atoms with van der Waals surface area (Å²) in [7, 11) is 0. The summed E-state index contributed by atoms with van der Waals surface area (Å²) in [6, 6.07) is 11.7. The Hall–Kier alpha value is -3.22. The van der Waals surface area contributed by atoms with Crippen molar-refractivity contribution in [1.82, 2.24) is 9.78 Å². The molecule has 0 aliphatic carbocycles. The molecule has 2 aromatic carbocycles. The van der Waals surface area contributed by atoms with E-state index in [9.17, 15) is 14.9 Å². The van der Waals surface area contributed by atoms with Crippen molar-refractivity contribution < 1.29 is 9.72 Å². The lowest BCUT2D eigenvalue weighted by molar-refractivity contribution is -0.384. The van der Waals surface area contributed by atoms with Crippen LogP contribution in [0.3, 0.4) is 0 Å². The molecule has 0 radical (unpaired) electrons. The van der Waals surface area contributed by atoms with Crippen LogP contribution in [0.2, 0.25) is 0 Å². The minimum absolute atomic E-state index is 0.000773. The van der Waals surface area contributed by atoms with Gasteiger partial charge in [-0.15, -0.1) is 0 Å². The van der Waals surface area contributed by atoms with Crippen LogP contribution in [0.25, 0.3) is 16.6 Å². The van der Waals surface area contributed by atoms with E-state index in [1.54, 1.807) is 35.1 Å². The van der Waals surface area contributed by atoms with E-state index in [1.807, 2.05) is 6.07 Å². The highest BCUT2D eigenvalue weighted by Gasteiger charge is 2.12. The van der Waals surface area contributed by atoms with Gasteiger partial charge in [-0.1, -0.05) is 12.1 Å². The highest BCUT2D eigenvalue weighted by Crippen LogP contribution is 2.26. The van der Waals surface area contributed by atoms with Crippen LogP contribution >= 0.6 is 0 Å². The number of hydrogen-bond donors (Lipinski definition) is 1. The van der Waals surface area contributed by atoms with Crippen LogP contribution in [0.5, 0.6) is 0 Å². The second-order valence-electron chi connectivity index (χ2n) is 4.75. The lowest BCUT2D eigenvalue weighted by Gasteiger charge is -2.06. The molecule has 0 aliphatic heterocycles. The number of aromatic nitrogens is 2. The molecular formula is C15H12N4O3. The van der Waals surface area contributed by atoms with E-state index in [2.05, 4.69) is 10.4 Å². The number of benzene rings is 2. The fraction of sp³-hybridized carbons (Fsp3) is 0.0667. The van der Waals surface area contributed by atoms with Gasteiger partial charge in [0, 0.05) is 24.4 Å². The maximum absolute atomic E-state index is 11.2. The van der Waals surface area contributed by atoms with E-state index in [1.165, 1.54) is 19.1 Å². The van der Waals surface area contributed by atoms with Crippen molar-refractivity contribution in [2.75, 3.05) is 5.32 Å². The summed E-state index contributed by atoms with van der Waals surface area (Å²) in [6.07, 6.45) is 1.62. The molecule has 0 saturated carbocycles. The molecule has 3 rings (SSSR count). The average molecular weight is 296 g/mol. The minimum atomic E-state index is -0.447. The molecule has 110 valence electrons. The molecule has 22 heavy (non-hydrogen) atoms. The van der Waals surface area contributed by atoms with Crippen molar-refractivity contribution >= 4 is 28.2 Å². The molecule has 0 saturated heterocycles. The van der Waals surface area contributed by atoms with Crippen molar-refractivity contribution in [1.29, 1.82) is 0 Å². The van der Waals surface area contributed by atoms with Crippen LogP contribution in [-0.2, 0) is 4.79 Å². The molecular weight excluding hydrogens is 284 g/mol. The van der Waals surface area contributed by atoms with Gasteiger partial charge in [0.1, 0.15) is 0 Å². The number of nitrogens with zero attached hydrogens (tertiary/aromatic N) is 3. The zero-order chi connectivity index (χ0) is 15.7. The van der Waals surface area contributed by atoms with Crippen LogP contribution in [0, 0.1) is 10.1 Å². The van der Waals surface area contributed by atoms with Crippen molar-refractivity contribution in [3.05, 3.63) is 58.8 Å². The molecule has 0 spiro atoms. The Kier molecular flexibility index (Phi) is 3.30. The van der Waals surface area contributed by atoms with E-state index in [-0.39, 0.29) is 11.6 Å². The first-order valence-corrected chi connectivity index (χ1v) is 6.55. The van der Waals surface area contributed by atoms with Gasteiger partial charge in [0.25, 0.3) is 5.69 Å². The minimum Gasteiger partial charge on any atom is -0.326 e.